The van der Waals surface area contributed by atoms with Crippen LogP contribution in [0.15, 0.2) is 30.9 Å². The molecule has 15 heavy (non-hydrogen) atoms. The molecule has 0 saturated heterocycles. The Morgan fingerprint density at radius 3 is 2.80 bits per heavy atom. The molecule has 80 valence electrons. The summed E-state index contributed by atoms with van der Waals surface area (Å²) in [5.41, 5.74) is 1.14. The van der Waals surface area contributed by atoms with E-state index in [0.29, 0.717) is 5.75 Å². The lowest BCUT2D eigenvalue weighted by molar-refractivity contribution is 0.0696. The Kier molecular flexibility index (Phi) is 3.50. The lowest BCUT2D eigenvalue weighted by Crippen LogP contribution is -2.09. The first-order valence-corrected chi connectivity index (χ1v) is 4.67. The maximum Gasteiger partial charge on any atom is 0.335 e. The minimum absolute atomic E-state index is 0.132. The number of benzene rings is 1. The molecule has 3 nitrogen and oxygen atoms in total. The molecule has 0 aromatic heterocycles. The van der Waals surface area contributed by atoms with Crippen molar-refractivity contribution in [2.75, 3.05) is 0 Å². The van der Waals surface area contributed by atoms with E-state index in [0.717, 1.165) is 5.56 Å². The Morgan fingerprint density at radius 1 is 1.60 bits per heavy atom. The van der Waals surface area contributed by atoms with Crippen molar-refractivity contribution < 1.29 is 14.6 Å². The molecule has 0 aliphatic heterocycles. The fraction of sp³-hybridized carbons (Fsp3) is 0.250. The Balaban J connectivity index is 3.00. The van der Waals surface area contributed by atoms with E-state index in [1.165, 1.54) is 6.07 Å². The Morgan fingerprint density at radius 2 is 2.27 bits per heavy atom. The summed E-state index contributed by atoms with van der Waals surface area (Å²) in [5.74, 6) is -0.367. The maximum atomic E-state index is 10.7. The van der Waals surface area contributed by atoms with Gasteiger partial charge in [-0.15, -0.1) is 0 Å². The number of carboxylic acid groups (broad SMARTS) is 1. The number of aromatic carboxylic acids is 1. The molecule has 1 rings (SSSR count). The van der Waals surface area contributed by atoms with Crippen molar-refractivity contribution in [3.63, 3.8) is 0 Å². The second-order valence-corrected chi connectivity index (χ2v) is 3.34. The van der Waals surface area contributed by atoms with Gasteiger partial charge in [0.25, 0.3) is 0 Å². The molecule has 0 aliphatic rings. The maximum absolute atomic E-state index is 10.7. The summed E-state index contributed by atoms with van der Waals surface area (Å²) in [5, 5.41) is 8.82. The van der Waals surface area contributed by atoms with Gasteiger partial charge >= 0.3 is 5.97 Å². The van der Waals surface area contributed by atoms with Gasteiger partial charge in [0.15, 0.2) is 0 Å². The second-order valence-electron chi connectivity index (χ2n) is 3.34. The largest absolute Gasteiger partial charge is 0.486 e. The Labute approximate surface area is 89.0 Å². The van der Waals surface area contributed by atoms with E-state index in [9.17, 15) is 4.79 Å². The van der Waals surface area contributed by atoms with Gasteiger partial charge in [-0.1, -0.05) is 18.7 Å². The summed E-state index contributed by atoms with van der Waals surface area (Å²) < 4.78 is 5.50. The first kappa shape index (κ1) is 11.3. The summed E-state index contributed by atoms with van der Waals surface area (Å²) in [4.78, 5) is 10.7. The number of carbonyl (C=O) groups is 1. The molecule has 0 saturated carbocycles. The highest BCUT2D eigenvalue weighted by molar-refractivity contribution is 5.88. The van der Waals surface area contributed by atoms with Crippen LogP contribution in [0.5, 0.6) is 5.75 Å². The van der Waals surface area contributed by atoms with Crippen molar-refractivity contribution in [3.8, 4) is 5.75 Å². The van der Waals surface area contributed by atoms with Gasteiger partial charge in [0.05, 0.1) is 5.56 Å². The summed E-state index contributed by atoms with van der Waals surface area (Å²) in [6, 6.07) is 4.81. The quantitative estimate of drug-likeness (QED) is 0.770. The van der Waals surface area contributed by atoms with Gasteiger partial charge < -0.3 is 9.84 Å². The minimum atomic E-state index is -0.953. The lowest BCUT2D eigenvalue weighted by Gasteiger charge is -2.13. The fourth-order valence-corrected chi connectivity index (χ4v) is 1.11. The summed E-state index contributed by atoms with van der Waals surface area (Å²) in [7, 11) is 0. The molecule has 1 atom stereocenters. The van der Waals surface area contributed by atoms with E-state index in [4.69, 9.17) is 9.84 Å². The van der Waals surface area contributed by atoms with E-state index in [-0.39, 0.29) is 11.7 Å². The number of carboxylic acids is 1. The Bertz CT molecular complexity index is 382. The zero-order valence-corrected chi connectivity index (χ0v) is 8.86. The van der Waals surface area contributed by atoms with Crippen molar-refractivity contribution in [2.45, 2.75) is 20.0 Å². The average molecular weight is 206 g/mol. The van der Waals surface area contributed by atoms with Crippen LogP contribution in [0.3, 0.4) is 0 Å². The summed E-state index contributed by atoms with van der Waals surface area (Å²) >= 11 is 0. The molecule has 0 amide bonds. The Hall–Kier alpha value is -1.77. The number of rotatable bonds is 4. The van der Waals surface area contributed by atoms with Crippen molar-refractivity contribution in [1.82, 2.24) is 0 Å². The third-order valence-corrected chi connectivity index (χ3v) is 2.08. The van der Waals surface area contributed by atoms with E-state index in [1.54, 1.807) is 18.2 Å². The summed E-state index contributed by atoms with van der Waals surface area (Å²) in [6.45, 7) is 7.32. The molecule has 1 aromatic carbocycles. The SMILES string of the molecule is C=CC(C)Oc1cc(C(=O)O)ccc1C. The highest BCUT2D eigenvalue weighted by Crippen LogP contribution is 2.21. The predicted molar refractivity (Wildman–Crippen MR) is 58.4 cm³/mol. The fourth-order valence-electron chi connectivity index (χ4n) is 1.11. The number of hydrogen-bond acceptors (Lipinski definition) is 2. The van der Waals surface area contributed by atoms with E-state index < -0.39 is 5.97 Å². The number of ether oxygens (including phenoxy) is 1. The zero-order chi connectivity index (χ0) is 11.4. The topological polar surface area (TPSA) is 46.5 Å². The molecule has 0 radical (unpaired) electrons. The van der Waals surface area contributed by atoms with Gasteiger partial charge in [0.1, 0.15) is 11.9 Å². The first-order chi connectivity index (χ1) is 7.04. The van der Waals surface area contributed by atoms with E-state index in [1.807, 2.05) is 13.8 Å². The van der Waals surface area contributed by atoms with Crippen molar-refractivity contribution in [1.29, 1.82) is 0 Å². The molecule has 3 heteroatoms. The first-order valence-electron chi connectivity index (χ1n) is 4.67. The summed E-state index contributed by atoms with van der Waals surface area (Å²) in [6.07, 6.45) is 1.53. The van der Waals surface area contributed by atoms with Crippen molar-refractivity contribution in [3.05, 3.63) is 42.0 Å². The van der Waals surface area contributed by atoms with E-state index >= 15 is 0 Å². The zero-order valence-electron chi connectivity index (χ0n) is 8.86. The van der Waals surface area contributed by atoms with Gasteiger partial charge in [0.2, 0.25) is 0 Å². The van der Waals surface area contributed by atoms with Crippen LogP contribution in [0.25, 0.3) is 0 Å². The van der Waals surface area contributed by atoms with Crippen LogP contribution in [0.1, 0.15) is 22.8 Å². The molecular formula is C12H14O3. The van der Waals surface area contributed by atoms with Crippen LogP contribution in [-0.4, -0.2) is 17.2 Å². The third-order valence-electron chi connectivity index (χ3n) is 2.08. The number of hydrogen-bond donors (Lipinski definition) is 1. The van der Waals surface area contributed by atoms with Gasteiger partial charge in [-0.25, -0.2) is 4.79 Å². The average Bonchev–Trinajstić information content (AvgIpc) is 2.20. The highest BCUT2D eigenvalue weighted by atomic mass is 16.5. The van der Waals surface area contributed by atoms with Crippen LogP contribution in [0, 0.1) is 6.92 Å². The van der Waals surface area contributed by atoms with Gasteiger partial charge in [-0.2, -0.15) is 0 Å². The number of aryl methyl sites for hydroxylation is 1. The molecule has 1 unspecified atom stereocenters. The van der Waals surface area contributed by atoms with Crippen LogP contribution in [-0.2, 0) is 0 Å². The predicted octanol–water partition coefficient (Wildman–Crippen LogP) is 2.65. The van der Waals surface area contributed by atoms with Crippen LogP contribution >= 0.6 is 0 Å². The third kappa shape index (κ3) is 2.84. The molecular weight excluding hydrogens is 192 g/mol. The molecule has 0 spiro atoms. The van der Waals surface area contributed by atoms with Crippen LogP contribution in [0.2, 0.25) is 0 Å². The highest BCUT2D eigenvalue weighted by Gasteiger charge is 2.08. The van der Waals surface area contributed by atoms with Crippen molar-refractivity contribution >= 4 is 5.97 Å². The van der Waals surface area contributed by atoms with Crippen LogP contribution in [0.4, 0.5) is 0 Å². The normalized spacial score (nSPS) is 11.9. The minimum Gasteiger partial charge on any atom is -0.486 e. The van der Waals surface area contributed by atoms with Gasteiger partial charge in [-0.3, -0.25) is 0 Å². The molecule has 0 heterocycles. The van der Waals surface area contributed by atoms with Gasteiger partial charge in [0, 0.05) is 0 Å². The van der Waals surface area contributed by atoms with Crippen molar-refractivity contribution in [2.24, 2.45) is 0 Å². The van der Waals surface area contributed by atoms with Crippen LogP contribution < -0.4 is 4.74 Å². The monoisotopic (exact) mass is 206 g/mol. The van der Waals surface area contributed by atoms with E-state index in [2.05, 4.69) is 6.58 Å². The smallest absolute Gasteiger partial charge is 0.335 e. The second kappa shape index (κ2) is 4.64. The molecule has 1 N–H and O–H groups in total. The molecule has 1 aromatic rings. The molecule has 0 aliphatic carbocycles. The molecule has 0 bridgehead atoms. The molecule has 0 fully saturated rings. The lowest BCUT2D eigenvalue weighted by atomic mass is 10.1. The standard InChI is InChI=1S/C12H14O3/c1-4-9(3)15-11-7-10(12(13)14)6-5-8(11)2/h4-7,9H,1H2,2-3H3,(H,13,14). The van der Waals surface area contributed by atoms with Gasteiger partial charge in [-0.05, 0) is 31.5 Å².